The van der Waals surface area contributed by atoms with Gasteiger partial charge < -0.3 is 15.0 Å². The van der Waals surface area contributed by atoms with E-state index in [2.05, 4.69) is 29.3 Å². The number of nitrogens with one attached hydrogen (secondary N) is 1. The molecule has 5 nitrogen and oxygen atoms in total. The average molecular weight is 289 g/mol. The summed E-state index contributed by atoms with van der Waals surface area (Å²) in [5.41, 5.74) is 2.15. The summed E-state index contributed by atoms with van der Waals surface area (Å²) in [6.07, 6.45) is 1.07. The molecule has 1 atom stereocenters. The maximum atomic E-state index is 11.8. The minimum atomic E-state index is 0.00914. The van der Waals surface area contributed by atoms with Crippen molar-refractivity contribution >= 4 is 11.6 Å². The fourth-order valence-corrected chi connectivity index (χ4v) is 3.20. The Labute approximate surface area is 125 Å². The third kappa shape index (κ3) is 2.76. The van der Waals surface area contributed by atoms with E-state index >= 15 is 0 Å². The smallest absolute Gasteiger partial charge is 0.264 e. The quantitative estimate of drug-likeness (QED) is 0.913. The third-order valence-corrected chi connectivity index (χ3v) is 4.43. The van der Waals surface area contributed by atoms with Gasteiger partial charge in [0.1, 0.15) is 5.75 Å². The molecule has 2 heterocycles. The summed E-state index contributed by atoms with van der Waals surface area (Å²) in [5.74, 6) is 0.811. The Kier molecular flexibility index (Phi) is 4.12. The molecule has 0 saturated carbocycles. The highest BCUT2D eigenvalue weighted by Gasteiger charge is 2.25. The van der Waals surface area contributed by atoms with Crippen LogP contribution in [0.25, 0.3) is 0 Å². The highest BCUT2D eigenvalue weighted by molar-refractivity contribution is 5.97. The second-order valence-corrected chi connectivity index (χ2v) is 5.68. The summed E-state index contributed by atoms with van der Waals surface area (Å²) in [7, 11) is 1.82. The molecule has 2 aliphatic heterocycles. The summed E-state index contributed by atoms with van der Waals surface area (Å²) >= 11 is 0. The Hall–Kier alpha value is -1.59. The highest BCUT2D eigenvalue weighted by Crippen LogP contribution is 2.35. The van der Waals surface area contributed by atoms with E-state index in [1.165, 1.54) is 5.56 Å². The molecule has 3 rings (SSSR count). The van der Waals surface area contributed by atoms with E-state index in [9.17, 15) is 4.79 Å². The Balaban J connectivity index is 1.89. The van der Waals surface area contributed by atoms with Crippen LogP contribution in [0.5, 0.6) is 5.75 Å². The second-order valence-electron chi connectivity index (χ2n) is 5.68. The molecule has 0 aliphatic carbocycles. The number of anilines is 1. The maximum absolute atomic E-state index is 11.8. The molecular formula is C16H23N3O2. The predicted octanol–water partition coefficient (Wildman–Crippen LogP) is 1.40. The molecule has 1 unspecified atom stereocenters. The van der Waals surface area contributed by atoms with Gasteiger partial charge in [-0.15, -0.1) is 0 Å². The van der Waals surface area contributed by atoms with Crippen LogP contribution in [-0.2, 0) is 4.79 Å². The second kappa shape index (κ2) is 6.03. The molecule has 1 aromatic rings. The van der Waals surface area contributed by atoms with E-state index < -0.39 is 0 Å². The maximum Gasteiger partial charge on any atom is 0.264 e. The van der Waals surface area contributed by atoms with E-state index in [0.29, 0.717) is 6.04 Å². The first kappa shape index (κ1) is 14.4. The van der Waals surface area contributed by atoms with E-state index in [4.69, 9.17) is 4.74 Å². The molecule has 0 bridgehead atoms. The van der Waals surface area contributed by atoms with Crippen molar-refractivity contribution in [1.82, 2.24) is 10.2 Å². The summed E-state index contributed by atoms with van der Waals surface area (Å²) in [6, 6.07) is 6.66. The van der Waals surface area contributed by atoms with E-state index in [0.717, 1.165) is 44.0 Å². The number of carbonyl (C=O) groups excluding carboxylic acids is 1. The summed E-state index contributed by atoms with van der Waals surface area (Å²) in [5, 5.41) is 3.39. The van der Waals surface area contributed by atoms with Crippen molar-refractivity contribution < 1.29 is 9.53 Å². The van der Waals surface area contributed by atoms with Gasteiger partial charge in [-0.3, -0.25) is 9.69 Å². The molecule has 0 spiro atoms. The molecular weight excluding hydrogens is 266 g/mol. The van der Waals surface area contributed by atoms with Gasteiger partial charge in [-0.05, 0) is 24.1 Å². The van der Waals surface area contributed by atoms with Gasteiger partial charge in [0.15, 0.2) is 6.61 Å². The molecule has 1 N–H and O–H groups in total. The van der Waals surface area contributed by atoms with Crippen LogP contribution in [0, 0.1) is 0 Å². The van der Waals surface area contributed by atoms with Gasteiger partial charge >= 0.3 is 0 Å². The van der Waals surface area contributed by atoms with Crippen LogP contribution in [0.1, 0.15) is 24.9 Å². The van der Waals surface area contributed by atoms with Crippen molar-refractivity contribution in [3.05, 3.63) is 23.8 Å². The number of carbonyl (C=O) groups is 1. The zero-order valence-electron chi connectivity index (χ0n) is 12.8. The molecule has 1 saturated heterocycles. The van der Waals surface area contributed by atoms with Gasteiger partial charge in [0, 0.05) is 39.3 Å². The zero-order chi connectivity index (χ0) is 14.8. The van der Waals surface area contributed by atoms with Gasteiger partial charge in [-0.25, -0.2) is 0 Å². The van der Waals surface area contributed by atoms with Gasteiger partial charge in [-0.2, -0.15) is 0 Å². The summed E-state index contributed by atoms with van der Waals surface area (Å²) in [4.78, 5) is 16.0. The lowest BCUT2D eigenvalue weighted by molar-refractivity contribution is -0.120. The van der Waals surface area contributed by atoms with Gasteiger partial charge in [0.25, 0.3) is 5.91 Å². The van der Waals surface area contributed by atoms with Crippen LogP contribution in [0.4, 0.5) is 5.69 Å². The fraction of sp³-hybridized carbons (Fsp3) is 0.562. The number of hydrogen-bond acceptors (Lipinski definition) is 4. The average Bonchev–Trinajstić information content (AvgIpc) is 2.53. The van der Waals surface area contributed by atoms with E-state index in [-0.39, 0.29) is 12.5 Å². The number of hydrogen-bond donors (Lipinski definition) is 1. The van der Waals surface area contributed by atoms with Gasteiger partial charge in [-0.1, -0.05) is 13.0 Å². The van der Waals surface area contributed by atoms with Crippen LogP contribution in [0.15, 0.2) is 18.2 Å². The number of nitrogens with zero attached hydrogens (tertiary/aromatic N) is 2. The number of piperazine rings is 1. The van der Waals surface area contributed by atoms with Crippen LogP contribution < -0.4 is 15.0 Å². The molecule has 0 aromatic heterocycles. The number of fused-ring (bicyclic) bond motifs is 1. The van der Waals surface area contributed by atoms with Crippen molar-refractivity contribution in [3.63, 3.8) is 0 Å². The van der Waals surface area contributed by atoms with Gasteiger partial charge in [0.2, 0.25) is 0 Å². The number of likely N-dealkylation sites (N-methyl/N-ethyl adjacent to an activating group) is 1. The fourth-order valence-electron chi connectivity index (χ4n) is 3.20. The molecule has 21 heavy (non-hydrogen) atoms. The first-order valence-electron chi connectivity index (χ1n) is 7.68. The topological polar surface area (TPSA) is 44.8 Å². The predicted molar refractivity (Wildman–Crippen MR) is 82.8 cm³/mol. The van der Waals surface area contributed by atoms with E-state index in [1.54, 1.807) is 4.90 Å². The number of rotatable bonds is 3. The van der Waals surface area contributed by atoms with Crippen LogP contribution in [0.2, 0.25) is 0 Å². The standard InChI is InChI=1S/C16H23N3O2/c1-3-13(19-8-6-17-7-9-19)12-4-5-15-14(10-12)18(2)16(20)11-21-15/h4-5,10,13,17H,3,6-9,11H2,1-2H3. The lowest BCUT2D eigenvalue weighted by atomic mass is 10.0. The third-order valence-electron chi connectivity index (χ3n) is 4.43. The summed E-state index contributed by atoms with van der Waals surface area (Å²) in [6.45, 7) is 6.59. The molecule has 2 aliphatic rings. The largest absolute Gasteiger partial charge is 0.482 e. The molecule has 1 amide bonds. The molecule has 1 fully saturated rings. The van der Waals surface area contributed by atoms with Crippen molar-refractivity contribution in [2.45, 2.75) is 19.4 Å². The van der Waals surface area contributed by atoms with E-state index in [1.807, 2.05) is 13.1 Å². The van der Waals surface area contributed by atoms with Crippen molar-refractivity contribution in [2.24, 2.45) is 0 Å². The minimum absolute atomic E-state index is 0.00914. The normalized spacial score (nSPS) is 20.9. The van der Waals surface area contributed by atoms with Crippen LogP contribution in [0.3, 0.4) is 0 Å². The Morgan fingerprint density at radius 2 is 2.10 bits per heavy atom. The monoisotopic (exact) mass is 289 g/mol. The van der Waals surface area contributed by atoms with Gasteiger partial charge in [0.05, 0.1) is 5.69 Å². The zero-order valence-corrected chi connectivity index (χ0v) is 12.8. The van der Waals surface area contributed by atoms with Crippen LogP contribution in [-0.4, -0.2) is 50.6 Å². The number of benzene rings is 1. The summed E-state index contributed by atoms with van der Waals surface area (Å²) < 4.78 is 5.51. The lowest BCUT2D eigenvalue weighted by Crippen LogP contribution is -2.45. The SMILES string of the molecule is CCC(c1ccc2c(c1)N(C)C(=O)CO2)N1CCNCC1. The minimum Gasteiger partial charge on any atom is -0.482 e. The molecule has 0 radical (unpaired) electrons. The number of amides is 1. The Morgan fingerprint density at radius 3 is 2.81 bits per heavy atom. The Bertz CT molecular complexity index is 526. The Morgan fingerprint density at radius 1 is 1.33 bits per heavy atom. The lowest BCUT2D eigenvalue weighted by Gasteiger charge is -2.35. The van der Waals surface area contributed by atoms with Crippen molar-refractivity contribution in [2.75, 3.05) is 44.7 Å². The van der Waals surface area contributed by atoms with Crippen molar-refractivity contribution in [3.8, 4) is 5.75 Å². The number of ether oxygens (including phenoxy) is 1. The first-order chi connectivity index (χ1) is 10.2. The molecule has 5 heteroatoms. The highest BCUT2D eigenvalue weighted by atomic mass is 16.5. The molecule has 114 valence electrons. The van der Waals surface area contributed by atoms with Crippen LogP contribution >= 0.6 is 0 Å². The first-order valence-corrected chi connectivity index (χ1v) is 7.68. The molecule has 1 aromatic carbocycles. The van der Waals surface area contributed by atoms with Crippen molar-refractivity contribution in [1.29, 1.82) is 0 Å².